The highest BCUT2D eigenvalue weighted by atomic mass is 16.5. The SMILES string of the molecule is CCC(C)C(NC(=O)CC(c1ccc(O)c(OC)c1)c1oc(C)cc(=O)c1O)C(=O)N1CC2CC(C1)c1cccc(=O)n1C2. The predicted molar refractivity (Wildman–Crippen MR) is 162 cm³/mol. The number of phenolic OH excluding ortho intramolecular Hbond substituents is 1. The van der Waals surface area contributed by atoms with Crippen LogP contribution in [0.25, 0.3) is 0 Å². The number of benzene rings is 1. The molecule has 2 amide bonds. The second-order valence-electron chi connectivity index (χ2n) is 12.0. The second-order valence-corrected chi connectivity index (χ2v) is 12.0. The van der Waals surface area contributed by atoms with Crippen molar-refractivity contribution in [1.82, 2.24) is 14.8 Å². The van der Waals surface area contributed by atoms with Crippen LogP contribution in [-0.4, -0.2) is 57.7 Å². The summed E-state index contributed by atoms with van der Waals surface area (Å²) >= 11 is 0. The highest BCUT2D eigenvalue weighted by Gasteiger charge is 2.39. The zero-order valence-electron chi connectivity index (χ0n) is 25.4. The van der Waals surface area contributed by atoms with E-state index < -0.39 is 29.0 Å². The molecule has 11 nitrogen and oxygen atoms in total. The first-order valence-corrected chi connectivity index (χ1v) is 15.0. The summed E-state index contributed by atoms with van der Waals surface area (Å²) in [5.41, 5.74) is 0.718. The van der Waals surface area contributed by atoms with Crippen LogP contribution >= 0.6 is 0 Å². The molecular formula is C33H39N3O8. The number of amides is 2. The van der Waals surface area contributed by atoms with E-state index in [1.165, 1.54) is 19.2 Å². The van der Waals surface area contributed by atoms with Gasteiger partial charge in [0.15, 0.2) is 17.3 Å². The number of rotatable bonds is 9. The second kappa shape index (κ2) is 12.6. The van der Waals surface area contributed by atoms with Gasteiger partial charge in [0.2, 0.25) is 23.0 Å². The number of hydrogen-bond acceptors (Lipinski definition) is 8. The zero-order chi connectivity index (χ0) is 31.7. The fraction of sp³-hybridized carbons (Fsp3) is 0.455. The van der Waals surface area contributed by atoms with E-state index in [1.54, 1.807) is 25.1 Å². The monoisotopic (exact) mass is 605 g/mol. The fourth-order valence-corrected chi connectivity index (χ4v) is 6.51. The molecule has 1 fully saturated rings. The molecule has 2 aliphatic rings. The minimum absolute atomic E-state index is 0.0296. The lowest BCUT2D eigenvalue weighted by molar-refractivity contribution is -0.140. The van der Waals surface area contributed by atoms with Crippen LogP contribution in [0.2, 0.25) is 0 Å². The molecule has 5 rings (SSSR count). The Balaban J connectivity index is 1.41. The summed E-state index contributed by atoms with van der Waals surface area (Å²) in [4.78, 5) is 54.5. The predicted octanol–water partition coefficient (Wildman–Crippen LogP) is 3.23. The van der Waals surface area contributed by atoms with E-state index in [9.17, 15) is 29.4 Å². The molecular weight excluding hydrogens is 566 g/mol. The molecule has 0 spiro atoms. The Hall–Kier alpha value is -4.54. The number of piperidine rings is 1. The molecule has 1 aromatic carbocycles. The molecule has 2 aromatic heterocycles. The maximum Gasteiger partial charge on any atom is 0.250 e. The van der Waals surface area contributed by atoms with Crippen LogP contribution in [0.1, 0.15) is 67.7 Å². The van der Waals surface area contributed by atoms with Crippen molar-refractivity contribution in [1.29, 1.82) is 0 Å². The van der Waals surface area contributed by atoms with Gasteiger partial charge in [0, 0.05) is 49.8 Å². The summed E-state index contributed by atoms with van der Waals surface area (Å²) in [5.74, 6) is -2.00. The topological polar surface area (TPSA) is 151 Å². The summed E-state index contributed by atoms with van der Waals surface area (Å²) in [6, 6.07) is 10.1. The fourth-order valence-electron chi connectivity index (χ4n) is 6.51. The largest absolute Gasteiger partial charge is 0.504 e. The lowest BCUT2D eigenvalue weighted by Gasteiger charge is -2.44. The number of methoxy groups -OCH3 is 1. The van der Waals surface area contributed by atoms with Crippen molar-refractivity contribution in [2.24, 2.45) is 11.8 Å². The normalized spacial score (nSPS) is 19.4. The van der Waals surface area contributed by atoms with Crippen molar-refractivity contribution in [2.75, 3.05) is 20.2 Å². The Morgan fingerprint density at radius 1 is 1.11 bits per heavy atom. The minimum Gasteiger partial charge on any atom is -0.504 e. The van der Waals surface area contributed by atoms with Gasteiger partial charge in [-0.1, -0.05) is 32.4 Å². The van der Waals surface area contributed by atoms with Gasteiger partial charge in [0.25, 0.3) is 5.56 Å². The molecule has 5 atom stereocenters. The molecule has 1 saturated heterocycles. The third kappa shape index (κ3) is 6.09. The number of aromatic hydroxyl groups is 2. The lowest BCUT2D eigenvalue weighted by Crippen LogP contribution is -2.56. The Labute approximate surface area is 255 Å². The number of likely N-dealkylation sites (tertiary alicyclic amines) is 1. The van der Waals surface area contributed by atoms with Crippen LogP contribution in [0.15, 0.2) is 56.5 Å². The van der Waals surface area contributed by atoms with E-state index >= 15 is 0 Å². The van der Waals surface area contributed by atoms with Gasteiger partial charge in [-0.25, -0.2) is 0 Å². The number of fused-ring (bicyclic) bond motifs is 4. The molecule has 3 aromatic rings. The van der Waals surface area contributed by atoms with E-state index in [-0.39, 0.29) is 58.7 Å². The van der Waals surface area contributed by atoms with Crippen molar-refractivity contribution in [3.63, 3.8) is 0 Å². The third-order valence-electron chi connectivity index (χ3n) is 8.97. The number of aryl methyl sites for hydroxylation is 1. The van der Waals surface area contributed by atoms with Gasteiger partial charge in [0.05, 0.1) is 13.0 Å². The summed E-state index contributed by atoms with van der Waals surface area (Å²) < 4.78 is 12.8. The molecule has 5 unspecified atom stereocenters. The maximum absolute atomic E-state index is 14.0. The van der Waals surface area contributed by atoms with Crippen molar-refractivity contribution in [3.05, 3.63) is 85.8 Å². The molecule has 11 heteroatoms. The van der Waals surface area contributed by atoms with Gasteiger partial charge >= 0.3 is 0 Å². The number of nitrogens with zero attached hydrogens (tertiary/aromatic N) is 2. The van der Waals surface area contributed by atoms with Gasteiger partial charge in [-0.2, -0.15) is 0 Å². The Morgan fingerprint density at radius 2 is 1.89 bits per heavy atom. The van der Waals surface area contributed by atoms with E-state index in [2.05, 4.69) is 5.32 Å². The van der Waals surface area contributed by atoms with Crippen LogP contribution < -0.4 is 21.0 Å². The highest BCUT2D eigenvalue weighted by molar-refractivity contribution is 5.88. The van der Waals surface area contributed by atoms with Gasteiger partial charge in [0.1, 0.15) is 11.8 Å². The maximum atomic E-state index is 14.0. The molecule has 3 N–H and O–H groups in total. The number of ether oxygens (including phenoxy) is 1. The average Bonchev–Trinajstić information content (AvgIpc) is 3.00. The number of nitrogens with one attached hydrogen (secondary N) is 1. The number of pyridine rings is 1. The molecule has 0 saturated carbocycles. The number of phenols is 1. The molecule has 44 heavy (non-hydrogen) atoms. The van der Waals surface area contributed by atoms with E-state index in [0.29, 0.717) is 31.6 Å². The standard InChI is InChI=1S/C33H39N3O8/c1-5-18(2)30(33(42)35-15-20-12-22(17-35)24-7-6-8-29(40)36(24)16-20)34-28(39)14-23(21-9-10-25(37)27(13-21)43-4)32-31(41)26(38)11-19(3)44-32/h6-11,13,18,20,22-23,30,37,41H,5,12,14-17H2,1-4H3,(H,34,39). The number of aromatic nitrogens is 1. The van der Waals surface area contributed by atoms with Crippen molar-refractivity contribution >= 4 is 11.8 Å². The van der Waals surface area contributed by atoms with Crippen LogP contribution in [-0.2, 0) is 16.1 Å². The quantitative estimate of drug-likeness (QED) is 0.336. The molecule has 2 aliphatic heterocycles. The van der Waals surface area contributed by atoms with Gasteiger partial charge in [-0.3, -0.25) is 19.2 Å². The highest BCUT2D eigenvalue weighted by Crippen LogP contribution is 2.38. The van der Waals surface area contributed by atoms with Crippen LogP contribution in [0.4, 0.5) is 0 Å². The average molecular weight is 606 g/mol. The molecule has 2 bridgehead atoms. The molecule has 234 valence electrons. The van der Waals surface area contributed by atoms with Crippen LogP contribution in [0.5, 0.6) is 17.2 Å². The number of carbonyl (C=O) groups excluding carboxylic acids is 2. The van der Waals surface area contributed by atoms with E-state index in [4.69, 9.17) is 9.15 Å². The lowest BCUT2D eigenvalue weighted by atomic mass is 9.82. The minimum atomic E-state index is -0.922. The molecule has 0 aliphatic carbocycles. The third-order valence-corrected chi connectivity index (χ3v) is 8.97. The first-order valence-electron chi connectivity index (χ1n) is 15.0. The van der Waals surface area contributed by atoms with E-state index in [1.807, 2.05) is 29.4 Å². The number of hydrogen-bond donors (Lipinski definition) is 3. The first kappa shape index (κ1) is 30.9. The Bertz CT molecular complexity index is 1680. The molecule has 4 heterocycles. The first-order chi connectivity index (χ1) is 21.0. The van der Waals surface area contributed by atoms with Crippen LogP contribution in [0, 0.1) is 18.8 Å². The van der Waals surface area contributed by atoms with Crippen molar-refractivity contribution < 1.29 is 29.0 Å². The van der Waals surface area contributed by atoms with Gasteiger partial charge in [-0.05, 0) is 48.9 Å². The molecule has 0 radical (unpaired) electrons. The van der Waals surface area contributed by atoms with Gasteiger partial charge in [-0.15, -0.1) is 0 Å². The summed E-state index contributed by atoms with van der Waals surface area (Å²) in [6.07, 6.45) is 1.29. The number of carbonyl (C=O) groups is 2. The Kier molecular flexibility index (Phi) is 8.85. The summed E-state index contributed by atoms with van der Waals surface area (Å²) in [6.45, 7) is 6.95. The van der Waals surface area contributed by atoms with Gasteiger partial charge < -0.3 is 34.2 Å². The van der Waals surface area contributed by atoms with Crippen LogP contribution in [0.3, 0.4) is 0 Å². The summed E-state index contributed by atoms with van der Waals surface area (Å²) in [7, 11) is 1.39. The Morgan fingerprint density at radius 3 is 2.61 bits per heavy atom. The zero-order valence-corrected chi connectivity index (χ0v) is 25.4. The summed E-state index contributed by atoms with van der Waals surface area (Å²) in [5, 5.41) is 23.8. The smallest absolute Gasteiger partial charge is 0.250 e. The van der Waals surface area contributed by atoms with Crippen molar-refractivity contribution in [3.8, 4) is 17.2 Å². The van der Waals surface area contributed by atoms with Crippen molar-refractivity contribution in [2.45, 2.75) is 64.5 Å². The van der Waals surface area contributed by atoms with E-state index in [0.717, 1.165) is 18.2 Å².